The SMILES string of the molecule is C[C@H](CNC(=O)CCn1cnc2ccccc2c1=O)c1ccccc1. The molecule has 3 rings (SSSR count). The molecule has 128 valence electrons. The summed E-state index contributed by atoms with van der Waals surface area (Å²) in [5.74, 6) is 0.179. The molecule has 1 aromatic heterocycles. The smallest absolute Gasteiger partial charge is 0.261 e. The van der Waals surface area contributed by atoms with Gasteiger partial charge in [0, 0.05) is 19.5 Å². The van der Waals surface area contributed by atoms with Gasteiger partial charge in [0.05, 0.1) is 17.2 Å². The van der Waals surface area contributed by atoms with Crippen molar-refractivity contribution in [3.63, 3.8) is 0 Å². The van der Waals surface area contributed by atoms with Crippen molar-refractivity contribution in [2.24, 2.45) is 0 Å². The highest BCUT2D eigenvalue weighted by Crippen LogP contribution is 2.13. The van der Waals surface area contributed by atoms with Gasteiger partial charge < -0.3 is 5.32 Å². The Bertz CT molecular complexity index is 919. The number of nitrogens with one attached hydrogen (secondary N) is 1. The van der Waals surface area contributed by atoms with E-state index in [1.165, 1.54) is 16.5 Å². The number of hydrogen-bond acceptors (Lipinski definition) is 3. The van der Waals surface area contributed by atoms with E-state index in [1.54, 1.807) is 12.1 Å². The molecule has 3 aromatic rings. The van der Waals surface area contributed by atoms with Crippen LogP contribution < -0.4 is 10.9 Å². The van der Waals surface area contributed by atoms with Gasteiger partial charge in [0.1, 0.15) is 0 Å². The Morgan fingerprint density at radius 3 is 2.64 bits per heavy atom. The Hall–Kier alpha value is -2.95. The molecule has 25 heavy (non-hydrogen) atoms. The van der Waals surface area contributed by atoms with E-state index in [2.05, 4.69) is 29.4 Å². The number of rotatable bonds is 6. The lowest BCUT2D eigenvalue weighted by atomic mass is 10.0. The first kappa shape index (κ1) is 16.9. The first-order valence-electron chi connectivity index (χ1n) is 8.41. The Morgan fingerprint density at radius 1 is 1.12 bits per heavy atom. The maximum atomic E-state index is 12.4. The summed E-state index contributed by atoms with van der Waals surface area (Å²) in [4.78, 5) is 28.7. The van der Waals surface area contributed by atoms with Crippen LogP contribution in [0.3, 0.4) is 0 Å². The maximum absolute atomic E-state index is 12.4. The monoisotopic (exact) mass is 335 g/mol. The van der Waals surface area contributed by atoms with Gasteiger partial charge in [-0.2, -0.15) is 0 Å². The highest BCUT2D eigenvalue weighted by atomic mass is 16.1. The van der Waals surface area contributed by atoms with E-state index in [0.29, 0.717) is 24.0 Å². The molecule has 0 saturated carbocycles. The Labute approximate surface area is 146 Å². The minimum absolute atomic E-state index is 0.0668. The number of para-hydroxylation sites is 1. The predicted octanol–water partition coefficient (Wildman–Crippen LogP) is 2.71. The third kappa shape index (κ3) is 4.12. The first-order chi connectivity index (χ1) is 12.1. The van der Waals surface area contributed by atoms with Gasteiger partial charge in [0.15, 0.2) is 0 Å². The van der Waals surface area contributed by atoms with Gasteiger partial charge in [-0.25, -0.2) is 4.98 Å². The highest BCUT2D eigenvalue weighted by Gasteiger charge is 2.09. The number of aryl methyl sites for hydroxylation is 1. The molecular weight excluding hydrogens is 314 g/mol. The van der Waals surface area contributed by atoms with Crippen LogP contribution in [0.15, 0.2) is 65.7 Å². The molecule has 0 aliphatic carbocycles. The fourth-order valence-electron chi connectivity index (χ4n) is 2.74. The molecule has 0 bridgehead atoms. The van der Waals surface area contributed by atoms with Crippen LogP contribution in [-0.2, 0) is 11.3 Å². The lowest BCUT2D eigenvalue weighted by Crippen LogP contribution is -2.30. The van der Waals surface area contributed by atoms with Crippen LogP contribution in [0.4, 0.5) is 0 Å². The average molecular weight is 335 g/mol. The number of aromatic nitrogens is 2. The number of benzene rings is 2. The van der Waals surface area contributed by atoms with Crippen molar-refractivity contribution in [1.29, 1.82) is 0 Å². The molecule has 5 nitrogen and oxygen atoms in total. The zero-order chi connectivity index (χ0) is 17.6. The molecule has 0 fully saturated rings. The topological polar surface area (TPSA) is 64.0 Å². The molecular formula is C20H21N3O2. The predicted molar refractivity (Wildman–Crippen MR) is 98.5 cm³/mol. The van der Waals surface area contributed by atoms with E-state index < -0.39 is 0 Å². The molecule has 0 aliphatic rings. The summed E-state index contributed by atoms with van der Waals surface area (Å²) >= 11 is 0. The molecule has 0 aliphatic heterocycles. The lowest BCUT2D eigenvalue weighted by molar-refractivity contribution is -0.121. The number of amides is 1. The zero-order valence-corrected chi connectivity index (χ0v) is 14.2. The van der Waals surface area contributed by atoms with Gasteiger partial charge in [-0.3, -0.25) is 14.2 Å². The second-order valence-corrected chi connectivity index (χ2v) is 6.13. The Morgan fingerprint density at radius 2 is 1.84 bits per heavy atom. The second kappa shape index (κ2) is 7.75. The normalized spacial score (nSPS) is 12.0. The third-order valence-corrected chi connectivity index (χ3v) is 4.29. The van der Waals surface area contributed by atoms with E-state index in [4.69, 9.17) is 0 Å². The Balaban J connectivity index is 1.56. The summed E-state index contributed by atoms with van der Waals surface area (Å²) in [7, 11) is 0. The molecule has 1 heterocycles. The highest BCUT2D eigenvalue weighted by molar-refractivity contribution is 5.77. The van der Waals surface area contributed by atoms with Crippen LogP contribution in [0.2, 0.25) is 0 Å². The minimum Gasteiger partial charge on any atom is -0.355 e. The molecule has 5 heteroatoms. The van der Waals surface area contributed by atoms with Gasteiger partial charge in [-0.1, -0.05) is 49.4 Å². The van der Waals surface area contributed by atoms with Crippen LogP contribution in [-0.4, -0.2) is 22.0 Å². The van der Waals surface area contributed by atoms with Gasteiger partial charge in [-0.05, 0) is 23.6 Å². The van der Waals surface area contributed by atoms with Crippen molar-refractivity contribution < 1.29 is 4.79 Å². The van der Waals surface area contributed by atoms with Crippen LogP contribution in [0, 0.1) is 0 Å². The van der Waals surface area contributed by atoms with Crippen LogP contribution in [0.5, 0.6) is 0 Å². The fourth-order valence-corrected chi connectivity index (χ4v) is 2.74. The first-order valence-corrected chi connectivity index (χ1v) is 8.41. The van der Waals surface area contributed by atoms with Crippen molar-refractivity contribution in [2.45, 2.75) is 25.8 Å². The largest absolute Gasteiger partial charge is 0.355 e. The second-order valence-electron chi connectivity index (χ2n) is 6.13. The number of carbonyl (C=O) groups is 1. The van der Waals surface area contributed by atoms with Gasteiger partial charge in [-0.15, -0.1) is 0 Å². The number of nitrogens with zero attached hydrogens (tertiary/aromatic N) is 2. The summed E-state index contributed by atoms with van der Waals surface area (Å²) in [5, 5.41) is 3.51. The molecule has 1 amide bonds. The molecule has 0 spiro atoms. The molecule has 0 unspecified atom stereocenters. The summed E-state index contributed by atoms with van der Waals surface area (Å²) < 4.78 is 1.49. The van der Waals surface area contributed by atoms with Crippen LogP contribution in [0.25, 0.3) is 10.9 Å². The van der Waals surface area contributed by atoms with Crippen molar-refractivity contribution in [3.05, 3.63) is 76.8 Å². The van der Waals surface area contributed by atoms with Gasteiger partial charge in [0.2, 0.25) is 5.91 Å². The average Bonchev–Trinajstić information content (AvgIpc) is 2.66. The van der Waals surface area contributed by atoms with E-state index >= 15 is 0 Å². The molecule has 0 radical (unpaired) electrons. The van der Waals surface area contributed by atoms with E-state index in [0.717, 1.165) is 0 Å². The fraction of sp³-hybridized carbons (Fsp3) is 0.250. The van der Waals surface area contributed by atoms with Crippen molar-refractivity contribution in [2.75, 3.05) is 6.54 Å². The molecule has 1 atom stereocenters. The maximum Gasteiger partial charge on any atom is 0.261 e. The summed E-state index contributed by atoms with van der Waals surface area (Å²) in [5.41, 5.74) is 1.75. The van der Waals surface area contributed by atoms with Crippen LogP contribution >= 0.6 is 0 Å². The van der Waals surface area contributed by atoms with Crippen molar-refractivity contribution >= 4 is 16.8 Å². The van der Waals surface area contributed by atoms with E-state index in [9.17, 15) is 9.59 Å². The quantitative estimate of drug-likeness (QED) is 0.753. The Kier molecular flexibility index (Phi) is 5.23. The lowest BCUT2D eigenvalue weighted by Gasteiger charge is -2.13. The van der Waals surface area contributed by atoms with Crippen molar-refractivity contribution in [3.8, 4) is 0 Å². The number of hydrogen-bond donors (Lipinski definition) is 1. The van der Waals surface area contributed by atoms with E-state index in [-0.39, 0.29) is 23.8 Å². The van der Waals surface area contributed by atoms with Gasteiger partial charge >= 0.3 is 0 Å². The van der Waals surface area contributed by atoms with Crippen LogP contribution in [0.1, 0.15) is 24.8 Å². The number of fused-ring (bicyclic) bond motifs is 1. The molecule has 2 aromatic carbocycles. The third-order valence-electron chi connectivity index (χ3n) is 4.29. The van der Waals surface area contributed by atoms with Gasteiger partial charge in [0.25, 0.3) is 5.56 Å². The minimum atomic E-state index is -0.115. The standard InChI is InChI=1S/C20H21N3O2/c1-15(16-7-3-2-4-8-16)13-21-19(24)11-12-23-14-22-18-10-6-5-9-17(18)20(23)25/h2-10,14-15H,11-13H2,1H3,(H,21,24)/t15-/m1/s1. The zero-order valence-electron chi connectivity index (χ0n) is 14.2. The van der Waals surface area contributed by atoms with Crippen molar-refractivity contribution in [1.82, 2.24) is 14.9 Å². The summed E-state index contributed by atoms with van der Waals surface area (Å²) in [6.07, 6.45) is 1.76. The molecule has 0 saturated heterocycles. The van der Waals surface area contributed by atoms with E-state index in [1.807, 2.05) is 30.3 Å². The summed E-state index contributed by atoms with van der Waals surface area (Å²) in [6.45, 7) is 2.98. The number of carbonyl (C=O) groups excluding carboxylic acids is 1. The molecule has 1 N–H and O–H groups in total. The summed E-state index contributed by atoms with van der Waals surface area (Å²) in [6, 6.07) is 17.3.